The number of nitrogens with one attached hydrogen (secondary N) is 1. The molecule has 0 radical (unpaired) electrons. The van der Waals surface area contributed by atoms with Crippen molar-refractivity contribution >= 4 is 5.91 Å². The topological polar surface area (TPSA) is 47.6 Å². The minimum Gasteiger partial charge on any atom is -0.494 e. The van der Waals surface area contributed by atoms with Gasteiger partial charge in [-0.2, -0.15) is 0 Å². The van der Waals surface area contributed by atoms with Gasteiger partial charge in [-0.1, -0.05) is 6.92 Å². The largest absolute Gasteiger partial charge is 0.494 e. The highest BCUT2D eigenvalue weighted by atomic mass is 16.5. The van der Waals surface area contributed by atoms with Crippen molar-refractivity contribution in [2.45, 2.75) is 45.6 Å². The lowest BCUT2D eigenvalue weighted by Crippen LogP contribution is -2.39. The van der Waals surface area contributed by atoms with E-state index in [-0.39, 0.29) is 12.5 Å². The number of hydrogen-bond donors (Lipinski definition) is 1. The third-order valence-electron chi connectivity index (χ3n) is 3.89. The fourth-order valence-electron chi connectivity index (χ4n) is 2.62. The predicted molar refractivity (Wildman–Crippen MR) is 82.7 cm³/mol. The summed E-state index contributed by atoms with van der Waals surface area (Å²) >= 11 is 0. The molecule has 0 heterocycles. The van der Waals surface area contributed by atoms with Gasteiger partial charge in [0.2, 0.25) is 0 Å². The molecule has 0 saturated heterocycles. The Kier molecular flexibility index (Phi) is 5.90. The number of hydrogen-bond acceptors (Lipinski definition) is 3. The number of carbonyl (C=O) groups is 1. The molecule has 4 nitrogen and oxygen atoms in total. The summed E-state index contributed by atoms with van der Waals surface area (Å²) in [4.78, 5) is 11.9. The Morgan fingerprint density at radius 1 is 1.10 bits per heavy atom. The van der Waals surface area contributed by atoms with Gasteiger partial charge in [0.05, 0.1) is 6.61 Å². The van der Waals surface area contributed by atoms with Crippen LogP contribution in [0.2, 0.25) is 0 Å². The van der Waals surface area contributed by atoms with Crippen LogP contribution < -0.4 is 14.8 Å². The SMILES string of the molecule is CCOc1ccc(OCC(=O)NC2CCC(C)CC2)cc1. The van der Waals surface area contributed by atoms with Crippen molar-refractivity contribution in [3.8, 4) is 11.5 Å². The van der Waals surface area contributed by atoms with Crippen LogP contribution in [0.5, 0.6) is 11.5 Å². The maximum absolute atomic E-state index is 11.9. The first-order valence-electron chi connectivity index (χ1n) is 7.82. The van der Waals surface area contributed by atoms with Crippen molar-refractivity contribution in [1.29, 1.82) is 0 Å². The number of rotatable bonds is 6. The van der Waals surface area contributed by atoms with E-state index in [1.54, 1.807) is 0 Å². The predicted octanol–water partition coefficient (Wildman–Crippen LogP) is 3.16. The highest BCUT2D eigenvalue weighted by Crippen LogP contribution is 2.23. The summed E-state index contributed by atoms with van der Waals surface area (Å²) in [5.74, 6) is 2.25. The van der Waals surface area contributed by atoms with Gasteiger partial charge in [-0.3, -0.25) is 4.79 Å². The molecule has 116 valence electrons. The molecule has 0 aliphatic heterocycles. The summed E-state index contributed by atoms with van der Waals surface area (Å²) < 4.78 is 10.9. The number of ether oxygens (including phenoxy) is 2. The molecule has 4 heteroatoms. The van der Waals surface area contributed by atoms with E-state index in [1.807, 2.05) is 31.2 Å². The first-order chi connectivity index (χ1) is 10.2. The summed E-state index contributed by atoms with van der Waals surface area (Å²) in [6.45, 7) is 4.93. The van der Waals surface area contributed by atoms with E-state index in [2.05, 4.69) is 12.2 Å². The van der Waals surface area contributed by atoms with Crippen molar-refractivity contribution in [1.82, 2.24) is 5.32 Å². The van der Waals surface area contributed by atoms with Crippen LogP contribution in [0.1, 0.15) is 39.5 Å². The summed E-state index contributed by atoms with van der Waals surface area (Å²) in [6, 6.07) is 7.65. The molecule has 0 atom stereocenters. The average Bonchev–Trinajstić information content (AvgIpc) is 2.49. The fraction of sp³-hybridized carbons (Fsp3) is 0.588. The second kappa shape index (κ2) is 7.91. The first-order valence-corrected chi connectivity index (χ1v) is 7.82. The molecular formula is C17H25NO3. The lowest BCUT2D eigenvalue weighted by Gasteiger charge is -2.26. The van der Waals surface area contributed by atoms with Gasteiger partial charge in [0, 0.05) is 6.04 Å². The van der Waals surface area contributed by atoms with Gasteiger partial charge in [0.15, 0.2) is 6.61 Å². The van der Waals surface area contributed by atoms with Crippen molar-refractivity contribution in [3.05, 3.63) is 24.3 Å². The second-order valence-corrected chi connectivity index (χ2v) is 5.72. The lowest BCUT2D eigenvalue weighted by atomic mass is 9.87. The number of amides is 1. The smallest absolute Gasteiger partial charge is 0.258 e. The van der Waals surface area contributed by atoms with Gasteiger partial charge in [-0.05, 0) is 62.8 Å². The molecule has 1 saturated carbocycles. The standard InChI is InChI=1S/C17H25NO3/c1-3-20-15-8-10-16(11-9-15)21-12-17(19)18-14-6-4-13(2)5-7-14/h8-11,13-14H,3-7,12H2,1-2H3,(H,18,19). The van der Waals surface area contributed by atoms with E-state index in [4.69, 9.17) is 9.47 Å². The highest BCUT2D eigenvalue weighted by molar-refractivity contribution is 5.77. The molecule has 1 N–H and O–H groups in total. The van der Waals surface area contributed by atoms with Gasteiger partial charge in [0.25, 0.3) is 5.91 Å². The van der Waals surface area contributed by atoms with Gasteiger partial charge in [-0.25, -0.2) is 0 Å². The van der Waals surface area contributed by atoms with Crippen LogP contribution in [-0.4, -0.2) is 25.2 Å². The molecular weight excluding hydrogens is 266 g/mol. The molecule has 2 rings (SSSR count). The van der Waals surface area contributed by atoms with Crippen molar-refractivity contribution in [2.75, 3.05) is 13.2 Å². The maximum Gasteiger partial charge on any atom is 0.258 e. The van der Waals surface area contributed by atoms with Crippen LogP contribution >= 0.6 is 0 Å². The van der Waals surface area contributed by atoms with Gasteiger partial charge in [-0.15, -0.1) is 0 Å². The summed E-state index contributed by atoms with van der Waals surface area (Å²) in [7, 11) is 0. The lowest BCUT2D eigenvalue weighted by molar-refractivity contribution is -0.124. The first kappa shape index (κ1) is 15.7. The maximum atomic E-state index is 11.9. The van der Waals surface area contributed by atoms with E-state index >= 15 is 0 Å². The van der Waals surface area contributed by atoms with Crippen molar-refractivity contribution < 1.29 is 14.3 Å². The van der Waals surface area contributed by atoms with Crippen molar-refractivity contribution in [2.24, 2.45) is 5.92 Å². The Morgan fingerprint density at radius 3 is 2.24 bits per heavy atom. The van der Waals surface area contributed by atoms with E-state index in [9.17, 15) is 4.79 Å². The zero-order valence-corrected chi connectivity index (χ0v) is 12.9. The van der Waals surface area contributed by atoms with Crippen LogP contribution in [0, 0.1) is 5.92 Å². The minimum absolute atomic E-state index is 0.0385. The zero-order valence-electron chi connectivity index (χ0n) is 12.9. The minimum atomic E-state index is -0.0385. The van der Waals surface area contributed by atoms with E-state index in [0.29, 0.717) is 18.4 Å². The highest BCUT2D eigenvalue weighted by Gasteiger charge is 2.19. The summed E-state index contributed by atoms with van der Waals surface area (Å²) in [5, 5.41) is 3.05. The monoisotopic (exact) mass is 291 g/mol. The number of benzene rings is 1. The fourth-order valence-corrected chi connectivity index (χ4v) is 2.62. The molecule has 1 aliphatic carbocycles. The molecule has 1 aromatic carbocycles. The van der Waals surface area contributed by atoms with E-state index in [1.165, 1.54) is 12.8 Å². The molecule has 0 bridgehead atoms. The molecule has 1 amide bonds. The third kappa shape index (κ3) is 5.29. The Balaban J connectivity index is 1.71. The molecule has 21 heavy (non-hydrogen) atoms. The van der Waals surface area contributed by atoms with Crippen LogP contribution in [0.3, 0.4) is 0 Å². The Labute approximate surface area is 126 Å². The Bertz CT molecular complexity index is 436. The van der Waals surface area contributed by atoms with Crippen LogP contribution in [0.25, 0.3) is 0 Å². The quantitative estimate of drug-likeness (QED) is 0.876. The Hall–Kier alpha value is -1.71. The second-order valence-electron chi connectivity index (χ2n) is 5.72. The van der Waals surface area contributed by atoms with Crippen LogP contribution in [0.15, 0.2) is 24.3 Å². The summed E-state index contributed by atoms with van der Waals surface area (Å²) in [5.41, 5.74) is 0. The molecule has 0 unspecified atom stereocenters. The van der Waals surface area contributed by atoms with Gasteiger partial charge in [0.1, 0.15) is 11.5 Å². The van der Waals surface area contributed by atoms with Crippen LogP contribution in [-0.2, 0) is 4.79 Å². The Morgan fingerprint density at radius 2 is 1.67 bits per heavy atom. The molecule has 1 aliphatic rings. The summed E-state index contributed by atoms with van der Waals surface area (Å²) in [6.07, 6.45) is 4.56. The van der Waals surface area contributed by atoms with Crippen molar-refractivity contribution in [3.63, 3.8) is 0 Å². The van der Waals surface area contributed by atoms with E-state index < -0.39 is 0 Å². The van der Waals surface area contributed by atoms with Crippen LogP contribution in [0.4, 0.5) is 0 Å². The normalized spacial score (nSPS) is 21.6. The molecule has 0 aromatic heterocycles. The third-order valence-corrected chi connectivity index (χ3v) is 3.89. The molecule has 1 fully saturated rings. The van der Waals surface area contributed by atoms with E-state index in [0.717, 1.165) is 24.5 Å². The van der Waals surface area contributed by atoms with Gasteiger partial charge >= 0.3 is 0 Å². The zero-order chi connectivity index (χ0) is 15.1. The average molecular weight is 291 g/mol. The molecule has 0 spiro atoms. The van der Waals surface area contributed by atoms with Gasteiger partial charge < -0.3 is 14.8 Å². The molecule has 1 aromatic rings. The number of carbonyl (C=O) groups excluding carboxylic acids is 1.